The number of hydrogen-bond acceptors (Lipinski definition) is 3. The van der Waals surface area contributed by atoms with E-state index in [1.807, 2.05) is 18.2 Å². The zero-order chi connectivity index (χ0) is 16.1. The Morgan fingerprint density at radius 2 is 1.71 bits per heavy atom. The second-order valence-corrected chi connectivity index (χ2v) is 4.95. The number of nitrogens with zero attached hydrogens (tertiary/aromatic N) is 1. The van der Waals surface area contributed by atoms with E-state index in [0.29, 0.717) is 0 Å². The lowest BCUT2D eigenvalue weighted by atomic mass is 10.3. The van der Waals surface area contributed by atoms with Gasteiger partial charge in [0.15, 0.2) is 0 Å². The van der Waals surface area contributed by atoms with Crippen LogP contribution < -0.4 is 5.32 Å². The molecule has 1 rings (SSSR count). The first-order chi connectivity index (χ1) is 10.0. The lowest BCUT2D eigenvalue weighted by molar-refractivity contribution is -0.906. The number of hydrogen-bond donors (Lipinski definition) is 1. The van der Waals surface area contributed by atoms with Crippen LogP contribution in [0.4, 0.5) is 10.5 Å². The van der Waals surface area contributed by atoms with Crippen molar-refractivity contribution in [1.82, 2.24) is 0 Å². The number of methoxy groups -OCH3 is 2. The summed E-state index contributed by atoms with van der Waals surface area (Å²) in [6, 6.07) is 9.13. The van der Waals surface area contributed by atoms with Crippen LogP contribution in [0.1, 0.15) is 13.8 Å². The van der Waals surface area contributed by atoms with Crippen molar-refractivity contribution in [2.75, 3.05) is 52.8 Å². The van der Waals surface area contributed by atoms with Crippen LogP contribution in [0, 0.1) is 0 Å². The molecule has 0 fully saturated rings. The van der Waals surface area contributed by atoms with E-state index in [2.05, 4.69) is 30.9 Å². The number of nitrogens with one attached hydrogen (secondary N) is 1. The SMILES string of the molecule is CC[N+](C)(CC)CCOC.COC(=O)Nc1ccccc1. The molecule has 0 saturated heterocycles. The molecule has 0 aliphatic rings. The Morgan fingerprint density at radius 1 is 1.14 bits per heavy atom. The number of ether oxygens (including phenoxy) is 2. The van der Waals surface area contributed by atoms with E-state index in [1.54, 1.807) is 19.2 Å². The smallest absolute Gasteiger partial charge is 0.411 e. The molecule has 21 heavy (non-hydrogen) atoms. The molecule has 1 amide bonds. The molecule has 120 valence electrons. The summed E-state index contributed by atoms with van der Waals surface area (Å²) in [4.78, 5) is 10.6. The summed E-state index contributed by atoms with van der Waals surface area (Å²) in [5.41, 5.74) is 0.736. The van der Waals surface area contributed by atoms with Crippen LogP contribution in [0.25, 0.3) is 0 Å². The fourth-order valence-electron chi connectivity index (χ4n) is 1.54. The highest BCUT2D eigenvalue weighted by Crippen LogP contribution is 2.04. The average Bonchev–Trinajstić information content (AvgIpc) is 2.54. The number of anilines is 1. The fourth-order valence-corrected chi connectivity index (χ4v) is 1.54. The van der Waals surface area contributed by atoms with Crippen molar-refractivity contribution in [3.63, 3.8) is 0 Å². The van der Waals surface area contributed by atoms with E-state index >= 15 is 0 Å². The molecule has 1 aromatic carbocycles. The molecule has 0 radical (unpaired) electrons. The Hall–Kier alpha value is -1.59. The predicted octanol–water partition coefficient (Wildman–Crippen LogP) is 2.98. The maximum absolute atomic E-state index is 10.6. The molecular formula is C16H29N2O3+. The molecule has 5 nitrogen and oxygen atoms in total. The maximum Gasteiger partial charge on any atom is 0.411 e. The molecule has 0 saturated carbocycles. The summed E-state index contributed by atoms with van der Waals surface area (Å²) in [6.45, 7) is 8.83. The highest BCUT2D eigenvalue weighted by molar-refractivity contribution is 5.84. The maximum atomic E-state index is 10.6. The van der Waals surface area contributed by atoms with Crippen molar-refractivity contribution < 1.29 is 18.8 Å². The minimum atomic E-state index is -0.448. The molecule has 0 spiro atoms. The average molecular weight is 297 g/mol. The van der Waals surface area contributed by atoms with Crippen LogP contribution in [-0.4, -0.2) is 58.1 Å². The van der Waals surface area contributed by atoms with Crippen molar-refractivity contribution in [3.05, 3.63) is 30.3 Å². The minimum absolute atomic E-state index is 0.448. The highest BCUT2D eigenvalue weighted by Gasteiger charge is 2.14. The Labute approximate surface area is 128 Å². The second-order valence-electron chi connectivity index (χ2n) is 4.95. The van der Waals surface area contributed by atoms with E-state index in [-0.39, 0.29) is 0 Å². The zero-order valence-electron chi connectivity index (χ0n) is 13.9. The lowest BCUT2D eigenvalue weighted by Gasteiger charge is -2.31. The number of benzene rings is 1. The topological polar surface area (TPSA) is 47.6 Å². The molecule has 0 atom stereocenters. The van der Waals surface area contributed by atoms with Gasteiger partial charge in [-0.05, 0) is 26.0 Å². The van der Waals surface area contributed by atoms with Gasteiger partial charge < -0.3 is 14.0 Å². The van der Waals surface area contributed by atoms with Gasteiger partial charge >= 0.3 is 6.09 Å². The highest BCUT2D eigenvalue weighted by atomic mass is 16.5. The summed E-state index contributed by atoms with van der Waals surface area (Å²) in [5.74, 6) is 0. The van der Waals surface area contributed by atoms with Gasteiger partial charge in [0.2, 0.25) is 0 Å². The summed E-state index contributed by atoms with van der Waals surface area (Å²) in [6.07, 6.45) is -0.448. The number of amides is 1. The van der Waals surface area contributed by atoms with E-state index < -0.39 is 6.09 Å². The fraction of sp³-hybridized carbons (Fsp3) is 0.562. The first-order valence-corrected chi connectivity index (χ1v) is 7.23. The Bertz CT molecular complexity index is 378. The normalized spacial score (nSPS) is 10.3. The third kappa shape index (κ3) is 9.05. The van der Waals surface area contributed by atoms with Crippen LogP contribution in [0.5, 0.6) is 0 Å². The standard InChI is InChI=1S/C8H9NO2.C8H20NO/c1-11-8(10)9-7-5-3-2-4-6-7;1-5-9(3,6-2)7-8-10-4/h2-6H,1H3,(H,9,10);5-8H2,1-4H3/q;+1. The van der Waals surface area contributed by atoms with Gasteiger partial charge in [0.1, 0.15) is 6.54 Å². The minimum Gasteiger partial charge on any atom is -0.453 e. The Kier molecular flexibility index (Phi) is 10.3. The largest absolute Gasteiger partial charge is 0.453 e. The molecule has 0 unspecified atom stereocenters. The van der Waals surface area contributed by atoms with Crippen LogP contribution in [0.2, 0.25) is 0 Å². The molecule has 0 heterocycles. The number of para-hydroxylation sites is 1. The number of likely N-dealkylation sites (N-methyl/N-ethyl adjacent to an activating group) is 1. The van der Waals surface area contributed by atoms with Gasteiger partial charge in [-0.25, -0.2) is 4.79 Å². The molecule has 1 N–H and O–H groups in total. The molecule has 1 aromatic rings. The predicted molar refractivity (Wildman–Crippen MR) is 86.5 cm³/mol. The molecule has 0 aromatic heterocycles. The first-order valence-electron chi connectivity index (χ1n) is 7.23. The van der Waals surface area contributed by atoms with Crippen molar-refractivity contribution in [2.24, 2.45) is 0 Å². The van der Waals surface area contributed by atoms with Gasteiger partial charge in [-0.2, -0.15) is 0 Å². The van der Waals surface area contributed by atoms with Crippen LogP contribution in [0.3, 0.4) is 0 Å². The molecule has 0 aliphatic heterocycles. The van der Waals surface area contributed by atoms with Crippen LogP contribution >= 0.6 is 0 Å². The number of quaternary nitrogens is 1. The monoisotopic (exact) mass is 297 g/mol. The first kappa shape index (κ1) is 19.4. The van der Waals surface area contributed by atoms with Gasteiger partial charge in [-0.15, -0.1) is 0 Å². The molecule has 0 aliphatic carbocycles. The second kappa shape index (κ2) is 11.1. The summed E-state index contributed by atoms with van der Waals surface area (Å²) < 4.78 is 10.5. The Morgan fingerprint density at radius 3 is 2.14 bits per heavy atom. The third-order valence-corrected chi connectivity index (χ3v) is 3.57. The third-order valence-electron chi connectivity index (χ3n) is 3.57. The van der Waals surface area contributed by atoms with E-state index in [4.69, 9.17) is 4.74 Å². The van der Waals surface area contributed by atoms with Crippen molar-refractivity contribution >= 4 is 11.8 Å². The number of carbonyl (C=O) groups excluding carboxylic acids is 1. The zero-order valence-corrected chi connectivity index (χ0v) is 13.9. The lowest BCUT2D eigenvalue weighted by Crippen LogP contribution is -2.45. The number of rotatable bonds is 6. The van der Waals surface area contributed by atoms with Crippen molar-refractivity contribution in [1.29, 1.82) is 0 Å². The molecule has 0 bridgehead atoms. The summed E-state index contributed by atoms with van der Waals surface area (Å²) in [7, 11) is 5.35. The van der Waals surface area contributed by atoms with Crippen LogP contribution in [-0.2, 0) is 9.47 Å². The molecule has 5 heteroatoms. The van der Waals surface area contributed by atoms with Gasteiger partial charge in [0, 0.05) is 12.8 Å². The Balaban J connectivity index is 0.000000384. The molecular weight excluding hydrogens is 268 g/mol. The van der Waals surface area contributed by atoms with Crippen molar-refractivity contribution in [3.8, 4) is 0 Å². The quantitative estimate of drug-likeness (QED) is 0.821. The van der Waals surface area contributed by atoms with Gasteiger partial charge in [0.05, 0.1) is 33.9 Å². The van der Waals surface area contributed by atoms with E-state index in [1.165, 1.54) is 20.2 Å². The van der Waals surface area contributed by atoms with Crippen LogP contribution in [0.15, 0.2) is 30.3 Å². The van der Waals surface area contributed by atoms with Crippen molar-refractivity contribution in [2.45, 2.75) is 13.8 Å². The summed E-state index contributed by atoms with van der Waals surface area (Å²) >= 11 is 0. The van der Waals surface area contributed by atoms with Gasteiger partial charge in [-0.1, -0.05) is 18.2 Å². The van der Waals surface area contributed by atoms with E-state index in [9.17, 15) is 4.79 Å². The summed E-state index contributed by atoms with van der Waals surface area (Å²) in [5, 5.41) is 2.53. The van der Waals surface area contributed by atoms with Gasteiger partial charge in [-0.3, -0.25) is 5.32 Å². The van der Waals surface area contributed by atoms with Gasteiger partial charge in [0.25, 0.3) is 0 Å². The van der Waals surface area contributed by atoms with E-state index in [0.717, 1.165) is 23.3 Å². The number of carbonyl (C=O) groups is 1.